The fourth-order valence-corrected chi connectivity index (χ4v) is 4.86. The number of fused-ring (bicyclic) bond motifs is 5. The number of hydrogen-bond donors (Lipinski definition) is 0. The molecule has 0 saturated heterocycles. The SMILES string of the molecule is c1ccc(-n2ccc3c4c5ccccc5n(-c5cnc(-c6cccnc6)nc5)c4ccc32)cc1. The Morgan fingerprint density at radius 2 is 1.32 bits per heavy atom. The summed E-state index contributed by atoms with van der Waals surface area (Å²) in [5.74, 6) is 0.667. The summed E-state index contributed by atoms with van der Waals surface area (Å²) < 4.78 is 4.49. The molecule has 0 atom stereocenters. The van der Waals surface area contributed by atoms with Crippen LogP contribution in [-0.4, -0.2) is 24.1 Å². The van der Waals surface area contributed by atoms with Crippen molar-refractivity contribution in [1.29, 1.82) is 0 Å². The molecule has 5 nitrogen and oxygen atoms in total. The van der Waals surface area contributed by atoms with Gasteiger partial charge in [0.15, 0.2) is 5.82 Å². The number of hydrogen-bond acceptors (Lipinski definition) is 3. The van der Waals surface area contributed by atoms with Gasteiger partial charge >= 0.3 is 0 Å². The first-order valence-electron chi connectivity index (χ1n) is 11.2. The maximum atomic E-state index is 4.65. The van der Waals surface area contributed by atoms with Gasteiger partial charge in [-0.25, -0.2) is 9.97 Å². The van der Waals surface area contributed by atoms with Crippen LogP contribution in [0.4, 0.5) is 0 Å². The van der Waals surface area contributed by atoms with Gasteiger partial charge in [-0.05, 0) is 48.5 Å². The molecule has 7 aromatic rings. The molecule has 7 rings (SSSR count). The molecule has 0 saturated carbocycles. The predicted octanol–water partition coefficient (Wildman–Crippen LogP) is 6.58. The van der Waals surface area contributed by atoms with Crippen LogP contribution in [0.3, 0.4) is 0 Å². The molecule has 0 radical (unpaired) electrons. The van der Waals surface area contributed by atoms with Crippen LogP contribution in [0, 0.1) is 0 Å². The molecule has 0 N–H and O–H groups in total. The first kappa shape index (κ1) is 18.8. The highest BCUT2D eigenvalue weighted by molar-refractivity contribution is 6.21. The van der Waals surface area contributed by atoms with Crippen molar-refractivity contribution in [2.75, 3.05) is 0 Å². The lowest BCUT2D eigenvalue weighted by Gasteiger charge is -2.09. The Kier molecular flexibility index (Phi) is 4.08. The van der Waals surface area contributed by atoms with Crippen molar-refractivity contribution in [2.24, 2.45) is 0 Å². The topological polar surface area (TPSA) is 48.5 Å². The normalized spacial score (nSPS) is 11.5. The third kappa shape index (κ3) is 2.77. The highest BCUT2D eigenvalue weighted by Gasteiger charge is 2.17. The van der Waals surface area contributed by atoms with Gasteiger partial charge in [-0.15, -0.1) is 0 Å². The zero-order valence-corrected chi connectivity index (χ0v) is 18.2. The number of pyridine rings is 1. The molecule has 0 aliphatic carbocycles. The summed E-state index contributed by atoms with van der Waals surface area (Å²) in [6.45, 7) is 0. The Hall–Kier alpha value is -4.77. The van der Waals surface area contributed by atoms with E-state index < -0.39 is 0 Å². The van der Waals surface area contributed by atoms with E-state index in [2.05, 4.69) is 97.0 Å². The van der Waals surface area contributed by atoms with Gasteiger partial charge in [0.25, 0.3) is 0 Å². The van der Waals surface area contributed by atoms with Crippen molar-refractivity contribution >= 4 is 32.7 Å². The van der Waals surface area contributed by atoms with E-state index in [1.54, 1.807) is 12.4 Å². The summed E-state index contributed by atoms with van der Waals surface area (Å²) in [6.07, 6.45) is 9.46. The molecule has 160 valence electrons. The van der Waals surface area contributed by atoms with Crippen LogP contribution in [0.5, 0.6) is 0 Å². The molecule has 0 spiro atoms. The van der Waals surface area contributed by atoms with Crippen LogP contribution in [0.2, 0.25) is 0 Å². The van der Waals surface area contributed by atoms with E-state index >= 15 is 0 Å². The average molecular weight is 438 g/mol. The Labute approximate surface area is 195 Å². The van der Waals surface area contributed by atoms with Crippen LogP contribution in [-0.2, 0) is 0 Å². The monoisotopic (exact) mass is 437 g/mol. The van der Waals surface area contributed by atoms with Crippen LogP contribution >= 0.6 is 0 Å². The molecule has 0 aliphatic heterocycles. The molecule has 0 fully saturated rings. The Bertz CT molecular complexity index is 1780. The minimum absolute atomic E-state index is 0.667. The van der Waals surface area contributed by atoms with Crippen molar-refractivity contribution in [3.63, 3.8) is 0 Å². The Morgan fingerprint density at radius 3 is 2.15 bits per heavy atom. The number of nitrogens with zero attached hydrogens (tertiary/aromatic N) is 5. The predicted molar refractivity (Wildman–Crippen MR) is 136 cm³/mol. The molecule has 3 aromatic carbocycles. The average Bonchev–Trinajstić information content (AvgIpc) is 3.49. The van der Waals surface area contributed by atoms with Crippen LogP contribution in [0.15, 0.2) is 116 Å². The molecule has 0 bridgehead atoms. The van der Waals surface area contributed by atoms with E-state index in [-0.39, 0.29) is 0 Å². The Morgan fingerprint density at radius 1 is 0.559 bits per heavy atom. The van der Waals surface area contributed by atoms with Gasteiger partial charge in [0.2, 0.25) is 0 Å². The number of rotatable bonds is 3. The fraction of sp³-hybridized carbons (Fsp3) is 0. The number of benzene rings is 3. The van der Waals surface area contributed by atoms with Gasteiger partial charge in [-0.3, -0.25) is 4.98 Å². The molecular formula is C29H19N5. The smallest absolute Gasteiger partial charge is 0.160 e. The largest absolute Gasteiger partial charge is 0.317 e. The van der Waals surface area contributed by atoms with Crippen LogP contribution in [0.25, 0.3) is 55.5 Å². The van der Waals surface area contributed by atoms with E-state index in [0.717, 1.165) is 28.0 Å². The van der Waals surface area contributed by atoms with Gasteiger partial charge in [-0.1, -0.05) is 36.4 Å². The lowest BCUT2D eigenvalue weighted by molar-refractivity contribution is 1.08. The molecule has 34 heavy (non-hydrogen) atoms. The highest BCUT2D eigenvalue weighted by atomic mass is 15.0. The van der Waals surface area contributed by atoms with E-state index in [9.17, 15) is 0 Å². The molecular weight excluding hydrogens is 418 g/mol. The van der Waals surface area contributed by atoms with Gasteiger partial charge in [0.1, 0.15) is 0 Å². The molecule has 5 heteroatoms. The summed E-state index contributed by atoms with van der Waals surface area (Å²) in [7, 11) is 0. The minimum Gasteiger partial charge on any atom is -0.317 e. The second kappa shape index (κ2) is 7.39. The lowest BCUT2D eigenvalue weighted by atomic mass is 10.1. The van der Waals surface area contributed by atoms with Crippen LogP contribution in [0.1, 0.15) is 0 Å². The van der Waals surface area contributed by atoms with Crippen molar-refractivity contribution < 1.29 is 0 Å². The zero-order valence-electron chi connectivity index (χ0n) is 18.2. The van der Waals surface area contributed by atoms with Gasteiger partial charge in [0, 0.05) is 46.0 Å². The molecule has 4 aromatic heterocycles. The van der Waals surface area contributed by atoms with Crippen molar-refractivity contribution in [1.82, 2.24) is 24.1 Å². The van der Waals surface area contributed by atoms with Gasteiger partial charge < -0.3 is 9.13 Å². The maximum absolute atomic E-state index is 4.65. The van der Waals surface area contributed by atoms with Crippen LogP contribution < -0.4 is 0 Å². The summed E-state index contributed by atoms with van der Waals surface area (Å²) >= 11 is 0. The quantitative estimate of drug-likeness (QED) is 0.314. The molecule has 0 aliphatic rings. The fourth-order valence-electron chi connectivity index (χ4n) is 4.86. The number of aromatic nitrogens is 5. The van der Waals surface area contributed by atoms with Gasteiger partial charge in [-0.2, -0.15) is 0 Å². The van der Waals surface area contributed by atoms with E-state index in [1.165, 1.54) is 21.7 Å². The van der Waals surface area contributed by atoms with Crippen molar-refractivity contribution in [2.45, 2.75) is 0 Å². The summed E-state index contributed by atoms with van der Waals surface area (Å²) in [5, 5.41) is 3.67. The summed E-state index contributed by atoms with van der Waals surface area (Å²) in [5.41, 5.74) is 6.44. The summed E-state index contributed by atoms with van der Waals surface area (Å²) in [6, 6.07) is 29.5. The molecule has 0 amide bonds. The molecule has 4 heterocycles. The third-order valence-electron chi connectivity index (χ3n) is 6.36. The van der Waals surface area contributed by atoms with E-state index in [0.29, 0.717) is 5.82 Å². The number of para-hydroxylation sites is 2. The third-order valence-corrected chi connectivity index (χ3v) is 6.36. The van der Waals surface area contributed by atoms with E-state index in [4.69, 9.17) is 0 Å². The maximum Gasteiger partial charge on any atom is 0.160 e. The Balaban J connectivity index is 1.47. The highest BCUT2D eigenvalue weighted by Crippen LogP contribution is 2.37. The summed E-state index contributed by atoms with van der Waals surface area (Å²) in [4.78, 5) is 13.5. The zero-order chi connectivity index (χ0) is 22.5. The first-order valence-corrected chi connectivity index (χ1v) is 11.2. The second-order valence-electron chi connectivity index (χ2n) is 8.27. The second-order valence-corrected chi connectivity index (χ2v) is 8.27. The van der Waals surface area contributed by atoms with Gasteiger partial charge in [0.05, 0.1) is 34.6 Å². The lowest BCUT2D eigenvalue weighted by Crippen LogP contribution is -1.98. The first-order chi connectivity index (χ1) is 16.9. The van der Waals surface area contributed by atoms with E-state index in [1.807, 2.05) is 30.6 Å². The van der Waals surface area contributed by atoms with Crippen molar-refractivity contribution in [3.05, 3.63) is 116 Å². The van der Waals surface area contributed by atoms with Crippen molar-refractivity contribution in [3.8, 4) is 22.8 Å². The molecule has 0 unspecified atom stereocenters. The minimum atomic E-state index is 0.667. The standard InChI is InChI=1S/C29H19N5/c1-2-8-21(9-3-1)33-16-14-24-25(33)12-13-27-28(24)23-10-4-5-11-26(23)34(27)22-18-31-29(32-19-22)20-7-6-15-30-17-20/h1-19H.